The Morgan fingerprint density at radius 2 is 1.17 bits per heavy atom. The van der Waals surface area contributed by atoms with Crippen molar-refractivity contribution in [2.24, 2.45) is 0 Å². The fourth-order valence-electron chi connectivity index (χ4n) is 0. The van der Waals surface area contributed by atoms with Crippen LogP contribution in [0, 0.1) is 0 Å². The van der Waals surface area contributed by atoms with Crippen molar-refractivity contribution < 1.29 is 29.6 Å². The van der Waals surface area contributed by atoms with Gasteiger partial charge in [-0.25, -0.2) is 0 Å². The van der Waals surface area contributed by atoms with Gasteiger partial charge in [0.25, 0.3) is 0 Å². The SMILES string of the molecule is [Cl][Al-]([Cl])([Cl])[Br].[Na+]. The van der Waals surface area contributed by atoms with Crippen molar-refractivity contribution >= 4 is 52.7 Å². The number of hydrogen-bond acceptors (Lipinski definition) is 0. The molecule has 0 saturated carbocycles. The molecular formula is AlBrCl3Na. The zero-order chi connectivity index (χ0) is 4.50. The zero-order valence-corrected chi connectivity index (χ0v) is 10.1. The molecule has 0 saturated heterocycles. The second-order valence-corrected chi connectivity index (χ2v) is 18.3. The summed E-state index contributed by atoms with van der Waals surface area (Å²) in [5.41, 5.74) is 0. The first kappa shape index (κ1) is 11.7. The predicted octanol–water partition coefficient (Wildman–Crippen LogP) is -0.463. The van der Waals surface area contributed by atoms with E-state index in [1.165, 1.54) is 0 Å². The molecule has 0 amide bonds. The summed E-state index contributed by atoms with van der Waals surface area (Å²) in [6.07, 6.45) is 0. The van der Waals surface area contributed by atoms with Gasteiger partial charge in [0.15, 0.2) is 0 Å². The maximum absolute atomic E-state index is 5.14. The normalized spacial score (nSPS) is 10.0. The monoisotopic (exact) mass is 234 g/mol. The fraction of sp³-hybridized carbons (Fsp3) is 0. The van der Waals surface area contributed by atoms with Gasteiger partial charge < -0.3 is 44.2 Å². The Morgan fingerprint density at radius 1 is 1.17 bits per heavy atom. The van der Waals surface area contributed by atoms with Crippen LogP contribution in [0.1, 0.15) is 0 Å². The molecule has 0 heterocycles. The minimum absolute atomic E-state index is 0. The van der Waals surface area contributed by atoms with Crippen LogP contribution in [-0.4, -0.2) is 8.49 Å². The second-order valence-electron chi connectivity index (χ2n) is 0.495. The van der Waals surface area contributed by atoms with Crippen molar-refractivity contribution in [3.05, 3.63) is 0 Å². The summed E-state index contributed by atoms with van der Waals surface area (Å²) in [5, 5.41) is 0. The quantitative estimate of drug-likeness (QED) is 0.499. The van der Waals surface area contributed by atoms with E-state index < -0.39 is 8.49 Å². The van der Waals surface area contributed by atoms with E-state index in [0.29, 0.717) is 0 Å². The van der Waals surface area contributed by atoms with Crippen molar-refractivity contribution in [1.29, 1.82) is 0 Å². The largest absolute Gasteiger partial charge is 1.00 e. The summed E-state index contributed by atoms with van der Waals surface area (Å²) in [6, 6.07) is 0. The maximum atomic E-state index is 5.14. The van der Waals surface area contributed by atoms with Crippen LogP contribution < -0.4 is 29.6 Å². The Morgan fingerprint density at radius 3 is 1.17 bits per heavy atom. The van der Waals surface area contributed by atoms with Gasteiger partial charge in [-0.15, -0.1) is 0 Å². The summed E-state index contributed by atoms with van der Waals surface area (Å²) in [6.45, 7) is 0. The number of rotatable bonds is 0. The van der Waals surface area contributed by atoms with E-state index in [0.717, 1.165) is 0 Å². The van der Waals surface area contributed by atoms with E-state index in [4.69, 9.17) is 30.1 Å². The van der Waals surface area contributed by atoms with Gasteiger partial charge >= 0.3 is 38.0 Å². The molecule has 0 rings (SSSR count). The molecule has 0 unspecified atom stereocenters. The average molecular weight is 236 g/mol. The minimum Gasteiger partial charge on any atom is -0.396 e. The van der Waals surface area contributed by atoms with Crippen molar-refractivity contribution in [3.8, 4) is 0 Å². The molecule has 0 fully saturated rings. The van der Waals surface area contributed by atoms with Crippen molar-refractivity contribution in [2.45, 2.75) is 0 Å². The molecule has 0 spiro atoms. The second kappa shape index (κ2) is 4.73. The molecule has 0 nitrogen and oxygen atoms in total. The first-order valence-corrected chi connectivity index (χ1v) is 9.29. The van der Waals surface area contributed by atoms with Gasteiger partial charge in [0.05, 0.1) is 0 Å². The standard InChI is InChI=1S/Al.BrH.3ClH.Na/h;4*1H;/q+3;;;;;+1/p-4. The van der Waals surface area contributed by atoms with E-state index in [1.54, 1.807) is 0 Å². The third-order valence-electron chi connectivity index (χ3n) is 0. The molecule has 32 valence electrons. The van der Waals surface area contributed by atoms with Crippen LogP contribution in [0.4, 0.5) is 0 Å². The van der Waals surface area contributed by atoms with Crippen LogP contribution in [0.2, 0.25) is 0 Å². The maximum Gasteiger partial charge on any atom is 1.00 e. The van der Waals surface area contributed by atoms with Gasteiger partial charge in [-0.2, -0.15) is 0 Å². The summed E-state index contributed by atoms with van der Waals surface area (Å²) >= 11 is 2.84. The number of hydrogen-bond donors (Lipinski definition) is 0. The summed E-state index contributed by atoms with van der Waals surface area (Å²) in [5.74, 6) is 0. The average Bonchev–Trinajstić information content (AvgIpc) is 0.722. The molecule has 0 aliphatic heterocycles. The molecular weight excluding hydrogens is 236 g/mol. The van der Waals surface area contributed by atoms with Gasteiger partial charge in [0.2, 0.25) is 0 Å². The third-order valence-corrected chi connectivity index (χ3v) is 0. The Balaban J connectivity index is 0. The van der Waals surface area contributed by atoms with E-state index in [2.05, 4.69) is 14.1 Å². The fourth-order valence-corrected chi connectivity index (χ4v) is 0. The summed E-state index contributed by atoms with van der Waals surface area (Å²) in [4.78, 5) is 0. The van der Waals surface area contributed by atoms with Crippen LogP contribution in [-0.2, 0) is 0 Å². The Bertz CT molecular complexity index is 26.3. The van der Waals surface area contributed by atoms with Crippen molar-refractivity contribution in [2.75, 3.05) is 0 Å². The van der Waals surface area contributed by atoms with Crippen LogP contribution >= 0.6 is 44.2 Å². The van der Waals surface area contributed by atoms with Crippen LogP contribution in [0.3, 0.4) is 0 Å². The first-order valence-electron chi connectivity index (χ1n) is 0.873. The Hall–Kier alpha value is 2.88. The molecule has 0 aliphatic carbocycles. The van der Waals surface area contributed by atoms with Crippen LogP contribution in [0.5, 0.6) is 0 Å². The minimum atomic E-state index is -2.60. The zero-order valence-electron chi connectivity index (χ0n) is 3.09. The molecule has 0 bridgehead atoms. The van der Waals surface area contributed by atoms with Gasteiger partial charge in [-0.3, -0.25) is 0 Å². The topological polar surface area (TPSA) is 0 Å². The molecule has 6 heavy (non-hydrogen) atoms. The summed E-state index contributed by atoms with van der Waals surface area (Å²) < 4.78 is 0. The van der Waals surface area contributed by atoms with Crippen LogP contribution in [0.25, 0.3) is 0 Å². The van der Waals surface area contributed by atoms with E-state index in [9.17, 15) is 0 Å². The molecule has 0 aromatic heterocycles. The summed E-state index contributed by atoms with van der Waals surface area (Å²) in [7, 11) is 12.8. The van der Waals surface area contributed by atoms with Gasteiger partial charge in [-0.05, 0) is 0 Å². The van der Waals surface area contributed by atoms with Crippen LogP contribution in [0.15, 0.2) is 0 Å². The van der Waals surface area contributed by atoms with E-state index in [-0.39, 0.29) is 29.6 Å². The van der Waals surface area contributed by atoms with Gasteiger partial charge in [0.1, 0.15) is 0 Å². The smallest absolute Gasteiger partial charge is 0.396 e. The third kappa shape index (κ3) is 28.7. The van der Waals surface area contributed by atoms with Crippen molar-refractivity contribution in [3.63, 3.8) is 0 Å². The molecule has 0 radical (unpaired) electrons. The molecule has 6 heteroatoms. The molecule has 0 aliphatic rings. The molecule has 0 aromatic rings. The molecule has 0 aromatic carbocycles. The Kier molecular flexibility index (Phi) is 9.19. The van der Waals surface area contributed by atoms with Gasteiger partial charge in [-0.1, -0.05) is 0 Å². The number of halogens is 4. The Labute approximate surface area is 80.7 Å². The van der Waals surface area contributed by atoms with E-state index >= 15 is 0 Å². The van der Waals surface area contributed by atoms with E-state index in [1.807, 2.05) is 0 Å². The van der Waals surface area contributed by atoms with Crippen molar-refractivity contribution in [1.82, 2.24) is 0 Å². The van der Waals surface area contributed by atoms with Gasteiger partial charge in [0, 0.05) is 0 Å². The molecule has 0 N–H and O–H groups in total. The predicted molar refractivity (Wildman–Crippen MR) is 32.2 cm³/mol. The molecule has 0 atom stereocenters. The first-order chi connectivity index (χ1) is 2.00.